The smallest absolute Gasteiger partial charge is 0.220 e. The van der Waals surface area contributed by atoms with E-state index in [0.717, 1.165) is 18.4 Å². The molecule has 0 saturated heterocycles. The number of hydrogen-bond acceptors (Lipinski definition) is 2. The molecular formula is C11H15ClN2O. The van der Waals surface area contributed by atoms with Gasteiger partial charge < -0.3 is 5.32 Å². The largest absolute Gasteiger partial charge is 0.352 e. The van der Waals surface area contributed by atoms with Crippen LogP contribution in [0.1, 0.15) is 24.8 Å². The number of pyridine rings is 1. The van der Waals surface area contributed by atoms with Gasteiger partial charge in [0.1, 0.15) is 0 Å². The number of carbonyl (C=O) groups is 1. The van der Waals surface area contributed by atoms with Crippen molar-refractivity contribution >= 4 is 17.5 Å². The molecule has 0 aliphatic carbocycles. The van der Waals surface area contributed by atoms with E-state index in [0.29, 0.717) is 18.8 Å². The average molecular weight is 227 g/mol. The molecule has 15 heavy (non-hydrogen) atoms. The fourth-order valence-electron chi connectivity index (χ4n) is 1.17. The normalized spacial score (nSPS) is 9.93. The van der Waals surface area contributed by atoms with Gasteiger partial charge in [-0.3, -0.25) is 9.78 Å². The fourth-order valence-corrected chi connectivity index (χ4v) is 1.36. The number of aromatic nitrogens is 1. The lowest BCUT2D eigenvalue weighted by molar-refractivity contribution is -0.121. The number of halogens is 1. The maximum absolute atomic E-state index is 11.3. The van der Waals surface area contributed by atoms with E-state index in [1.165, 1.54) is 0 Å². The number of nitrogens with zero attached hydrogens (tertiary/aromatic N) is 1. The lowest BCUT2D eigenvalue weighted by atomic mass is 10.2. The molecule has 0 atom stereocenters. The van der Waals surface area contributed by atoms with Crippen LogP contribution in [0.4, 0.5) is 0 Å². The van der Waals surface area contributed by atoms with Crippen molar-refractivity contribution in [2.45, 2.75) is 25.8 Å². The Labute approximate surface area is 94.9 Å². The highest BCUT2D eigenvalue weighted by Crippen LogP contribution is 1.98. The Hall–Kier alpha value is -1.09. The van der Waals surface area contributed by atoms with E-state index in [9.17, 15) is 4.79 Å². The van der Waals surface area contributed by atoms with Crippen LogP contribution >= 0.6 is 11.6 Å². The Balaban J connectivity index is 2.17. The van der Waals surface area contributed by atoms with Gasteiger partial charge in [0, 0.05) is 31.2 Å². The molecule has 0 aromatic carbocycles. The van der Waals surface area contributed by atoms with Crippen LogP contribution in [0, 0.1) is 0 Å². The van der Waals surface area contributed by atoms with Crippen LogP contribution in [-0.2, 0) is 11.3 Å². The molecular weight excluding hydrogens is 212 g/mol. The van der Waals surface area contributed by atoms with E-state index in [2.05, 4.69) is 10.3 Å². The van der Waals surface area contributed by atoms with Gasteiger partial charge in [0.15, 0.2) is 0 Å². The van der Waals surface area contributed by atoms with E-state index < -0.39 is 0 Å². The summed E-state index contributed by atoms with van der Waals surface area (Å²) in [6, 6.07) is 3.79. The molecule has 0 unspecified atom stereocenters. The summed E-state index contributed by atoms with van der Waals surface area (Å²) < 4.78 is 0. The van der Waals surface area contributed by atoms with Gasteiger partial charge in [-0.2, -0.15) is 0 Å². The summed E-state index contributed by atoms with van der Waals surface area (Å²) >= 11 is 5.52. The second-order valence-corrected chi connectivity index (χ2v) is 3.66. The summed E-state index contributed by atoms with van der Waals surface area (Å²) in [4.78, 5) is 15.3. The zero-order valence-corrected chi connectivity index (χ0v) is 9.33. The second kappa shape index (κ2) is 7.23. The molecule has 1 rings (SSSR count). The lowest BCUT2D eigenvalue weighted by Gasteiger charge is -2.04. The summed E-state index contributed by atoms with van der Waals surface area (Å²) in [7, 11) is 0. The summed E-state index contributed by atoms with van der Waals surface area (Å²) in [5.74, 6) is 0.694. The molecule has 1 aromatic heterocycles. The predicted octanol–water partition coefficient (Wildman–Crippen LogP) is 2.11. The number of unbranched alkanes of at least 4 members (excludes halogenated alkanes) is 1. The zero-order chi connectivity index (χ0) is 10.9. The highest BCUT2D eigenvalue weighted by atomic mass is 35.5. The van der Waals surface area contributed by atoms with Crippen LogP contribution in [0.15, 0.2) is 24.5 Å². The molecule has 0 bridgehead atoms. The van der Waals surface area contributed by atoms with E-state index in [1.807, 2.05) is 12.1 Å². The summed E-state index contributed by atoms with van der Waals surface area (Å²) in [6.07, 6.45) is 5.75. The third kappa shape index (κ3) is 5.37. The van der Waals surface area contributed by atoms with Gasteiger partial charge >= 0.3 is 0 Å². The standard InChI is InChI=1S/C11H15ClN2O/c12-6-2-1-5-11(15)14-9-10-4-3-7-13-8-10/h3-4,7-8H,1-2,5-6,9H2,(H,14,15). The van der Waals surface area contributed by atoms with Crippen molar-refractivity contribution in [3.8, 4) is 0 Å². The van der Waals surface area contributed by atoms with Gasteiger partial charge in [0.05, 0.1) is 0 Å². The van der Waals surface area contributed by atoms with Gasteiger partial charge in [0.25, 0.3) is 0 Å². The monoisotopic (exact) mass is 226 g/mol. The summed E-state index contributed by atoms with van der Waals surface area (Å²) in [5, 5.41) is 2.84. The Bertz CT molecular complexity index is 290. The van der Waals surface area contributed by atoms with Crippen molar-refractivity contribution < 1.29 is 4.79 Å². The molecule has 1 N–H and O–H groups in total. The molecule has 0 aliphatic heterocycles. The topological polar surface area (TPSA) is 42.0 Å². The molecule has 82 valence electrons. The van der Waals surface area contributed by atoms with Crippen LogP contribution < -0.4 is 5.32 Å². The molecule has 1 heterocycles. The lowest BCUT2D eigenvalue weighted by Crippen LogP contribution is -2.22. The first-order valence-corrected chi connectivity index (χ1v) is 5.58. The molecule has 0 fully saturated rings. The van der Waals surface area contributed by atoms with E-state index in [-0.39, 0.29) is 5.91 Å². The van der Waals surface area contributed by atoms with Gasteiger partial charge in [-0.1, -0.05) is 6.07 Å². The highest BCUT2D eigenvalue weighted by molar-refractivity contribution is 6.17. The fraction of sp³-hybridized carbons (Fsp3) is 0.455. The number of hydrogen-bond donors (Lipinski definition) is 1. The molecule has 4 heteroatoms. The first kappa shape index (κ1) is 12.0. The van der Waals surface area contributed by atoms with Gasteiger partial charge in [-0.05, 0) is 24.5 Å². The Morgan fingerprint density at radius 2 is 2.33 bits per heavy atom. The maximum Gasteiger partial charge on any atom is 0.220 e. The van der Waals surface area contributed by atoms with Crippen LogP contribution in [0.5, 0.6) is 0 Å². The predicted molar refractivity (Wildman–Crippen MR) is 60.7 cm³/mol. The quantitative estimate of drug-likeness (QED) is 0.596. The molecule has 1 aromatic rings. The molecule has 0 spiro atoms. The Morgan fingerprint density at radius 3 is 3.00 bits per heavy atom. The van der Waals surface area contributed by atoms with E-state index >= 15 is 0 Å². The van der Waals surface area contributed by atoms with Gasteiger partial charge in [0.2, 0.25) is 5.91 Å². The third-order valence-corrected chi connectivity index (χ3v) is 2.27. The van der Waals surface area contributed by atoms with Crippen LogP contribution in [-0.4, -0.2) is 16.8 Å². The number of nitrogens with one attached hydrogen (secondary N) is 1. The first-order valence-electron chi connectivity index (χ1n) is 5.04. The number of amides is 1. The molecule has 3 nitrogen and oxygen atoms in total. The van der Waals surface area contributed by atoms with Crippen LogP contribution in [0.25, 0.3) is 0 Å². The second-order valence-electron chi connectivity index (χ2n) is 3.28. The van der Waals surface area contributed by atoms with Crippen LogP contribution in [0.2, 0.25) is 0 Å². The number of rotatable bonds is 6. The number of carbonyl (C=O) groups excluding carboxylic acids is 1. The van der Waals surface area contributed by atoms with Crippen molar-refractivity contribution in [2.24, 2.45) is 0 Å². The Kier molecular flexibility index (Phi) is 5.78. The van der Waals surface area contributed by atoms with Crippen molar-refractivity contribution in [2.75, 3.05) is 5.88 Å². The van der Waals surface area contributed by atoms with E-state index in [1.54, 1.807) is 12.4 Å². The zero-order valence-electron chi connectivity index (χ0n) is 8.58. The first-order chi connectivity index (χ1) is 7.33. The molecule has 1 amide bonds. The highest BCUT2D eigenvalue weighted by Gasteiger charge is 2.00. The van der Waals surface area contributed by atoms with E-state index in [4.69, 9.17) is 11.6 Å². The minimum atomic E-state index is 0.0731. The molecule has 0 aliphatic rings. The average Bonchev–Trinajstić information content (AvgIpc) is 2.28. The Morgan fingerprint density at radius 1 is 1.47 bits per heavy atom. The minimum Gasteiger partial charge on any atom is -0.352 e. The van der Waals surface area contributed by atoms with Crippen molar-refractivity contribution in [1.29, 1.82) is 0 Å². The summed E-state index contributed by atoms with van der Waals surface area (Å²) in [5.41, 5.74) is 1.02. The van der Waals surface area contributed by atoms with Crippen molar-refractivity contribution in [1.82, 2.24) is 10.3 Å². The van der Waals surface area contributed by atoms with Crippen LogP contribution in [0.3, 0.4) is 0 Å². The molecule has 0 radical (unpaired) electrons. The maximum atomic E-state index is 11.3. The number of alkyl halides is 1. The minimum absolute atomic E-state index is 0.0731. The van der Waals surface area contributed by atoms with Crippen molar-refractivity contribution in [3.05, 3.63) is 30.1 Å². The third-order valence-electron chi connectivity index (χ3n) is 2.00. The van der Waals surface area contributed by atoms with Crippen molar-refractivity contribution in [3.63, 3.8) is 0 Å². The molecule has 0 saturated carbocycles. The van der Waals surface area contributed by atoms with Gasteiger partial charge in [-0.25, -0.2) is 0 Å². The van der Waals surface area contributed by atoms with Gasteiger partial charge in [-0.15, -0.1) is 11.6 Å². The summed E-state index contributed by atoms with van der Waals surface area (Å²) in [6.45, 7) is 0.549. The SMILES string of the molecule is O=C(CCCCCl)NCc1cccnc1.